The van der Waals surface area contributed by atoms with Crippen LogP contribution in [0.5, 0.6) is 11.5 Å². The fourth-order valence-corrected chi connectivity index (χ4v) is 1.17. The third-order valence-electron chi connectivity index (χ3n) is 1.89. The summed E-state index contributed by atoms with van der Waals surface area (Å²) in [6, 6.07) is 16.4. The molecule has 2 aromatic carbocycles. The van der Waals surface area contributed by atoms with Gasteiger partial charge >= 0.3 is 23.1 Å². The Hall–Kier alpha value is -2.25. The van der Waals surface area contributed by atoms with Gasteiger partial charge in [0.1, 0.15) is 0 Å². The number of para-hydroxylation sites is 2. The maximum absolute atomic E-state index is 9.84. The molecule has 21 heavy (non-hydrogen) atoms. The van der Waals surface area contributed by atoms with Crippen LogP contribution in [-0.2, 0) is 0 Å². The smallest absolute Gasteiger partial charge is 0.514 e. The van der Waals surface area contributed by atoms with E-state index >= 15 is 0 Å². The van der Waals surface area contributed by atoms with E-state index in [1.54, 1.807) is 36.4 Å². The van der Waals surface area contributed by atoms with Crippen LogP contribution in [0.15, 0.2) is 60.7 Å². The summed E-state index contributed by atoms with van der Waals surface area (Å²) in [5.41, 5.74) is 0. The molecule has 0 bridgehead atoms. The van der Waals surface area contributed by atoms with Crippen LogP contribution in [0.2, 0.25) is 0 Å². The SMILES string of the molecule is O=C([O-])Oc1ccccc1.O=C([O-])Oc1ccccc1.[Mg+2]. The minimum absolute atomic E-state index is 0. The quantitative estimate of drug-likeness (QED) is 0.453. The van der Waals surface area contributed by atoms with E-state index in [4.69, 9.17) is 0 Å². The Kier molecular flexibility index (Phi) is 9.39. The first-order chi connectivity index (χ1) is 9.58. The topological polar surface area (TPSA) is 98.7 Å². The van der Waals surface area contributed by atoms with Crippen molar-refractivity contribution in [3.05, 3.63) is 60.7 Å². The Morgan fingerprint density at radius 1 is 0.667 bits per heavy atom. The molecule has 0 saturated carbocycles. The van der Waals surface area contributed by atoms with Crippen molar-refractivity contribution in [3.63, 3.8) is 0 Å². The van der Waals surface area contributed by atoms with Gasteiger partial charge in [0.2, 0.25) is 0 Å². The van der Waals surface area contributed by atoms with Crippen molar-refractivity contribution in [2.45, 2.75) is 0 Å². The molecule has 6 nitrogen and oxygen atoms in total. The third-order valence-corrected chi connectivity index (χ3v) is 1.89. The zero-order chi connectivity index (χ0) is 14.8. The van der Waals surface area contributed by atoms with Gasteiger partial charge < -0.3 is 29.3 Å². The van der Waals surface area contributed by atoms with Crippen molar-refractivity contribution >= 4 is 35.4 Å². The Morgan fingerprint density at radius 2 is 0.952 bits per heavy atom. The molecular formula is C14H10MgO6. The number of ether oxygens (including phenoxy) is 2. The zero-order valence-electron chi connectivity index (χ0n) is 10.9. The molecule has 0 aliphatic heterocycles. The van der Waals surface area contributed by atoms with Crippen LogP contribution in [0, 0.1) is 0 Å². The van der Waals surface area contributed by atoms with E-state index < -0.39 is 12.3 Å². The van der Waals surface area contributed by atoms with Crippen LogP contribution < -0.4 is 19.7 Å². The molecule has 7 heteroatoms. The molecule has 0 spiro atoms. The second-order valence-electron chi connectivity index (χ2n) is 3.33. The molecule has 0 atom stereocenters. The van der Waals surface area contributed by atoms with Gasteiger partial charge in [-0.2, -0.15) is 0 Å². The van der Waals surface area contributed by atoms with E-state index in [0.29, 0.717) is 0 Å². The van der Waals surface area contributed by atoms with Gasteiger partial charge in [-0.3, -0.25) is 0 Å². The molecule has 0 aliphatic rings. The van der Waals surface area contributed by atoms with Gasteiger partial charge in [0, 0.05) is 0 Å². The van der Waals surface area contributed by atoms with Crippen LogP contribution in [-0.4, -0.2) is 35.4 Å². The number of carbonyl (C=O) groups is 2. The number of carbonyl (C=O) groups excluding carboxylic acids is 2. The molecule has 0 aliphatic carbocycles. The molecule has 104 valence electrons. The van der Waals surface area contributed by atoms with E-state index in [0.717, 1.165) is 0 Å². The first-order valence-corrected chi connectivity index (χ1v) is 5.45. The van der Waals surface area contributed by atoms with Crippen molar-refractivity contribution in [1.29, 1.82) is 0 Å². The van der Waals surface area contributed by atoms with E-state index in [2.05, 4.69) is 9.47 Å². The molecule has 0 fully saturated rings. The Bertz CT molecular complexity index is 492. The fraction of sp³-hybridized carbons (Fsp3) is 0. The van der Waals surface area contributed by atoms with Gasteiger partial charge in [-0.25, -0.2) is 0 Å². The fourth-order valence-electron chi connectivity index (χ4n) is 1.17. The van der Waals surface area contributed by atoms with Crippen LogP contribution in [0.25, 0.3) is 0 Å². The van der Waals surface area contributed by atoms with Gasteiger partial charge in [0.25, 0.3) is 12.3 Å². The Morgan fingerprint density at radius 3 is 1.19 bits per heavy atom. The number of hydrogen-bond donors (Lipinski definition) is 0. The predicted molar refractivity (Wildman–Crippen MR) is 70.7 cm³/mol. The molecule has 0 unspecified atom stereocenters. The van der Waals surface area contributed by atoms with Gasteiger partial charge in [0.05, 0.1) is 11.5 Å². The Labute approximate surface area is 137 Å². The Balaban J connectivity index is 0.000000364. The van der Waals surface area contributed by atoms with Gasteiger partial charge in [-0.1, -0.05) is 36.4 Å². The van der Waals surface area contributed by atoms with Gasteiger partial charge in [-0.05, 0) is 24.3 Å². The van der Waals surface area contributed by atoms with Crippen LogP contribution >= 0.6 is 0 Å². The summed E-state index contributed by atoms with van der Waals surface area (Å²) in [6.45, 7) is 0. The summed E-state index contributed by atoms with van der Waals surface area (Å²) < 4.78 is 8.44. The summed E-state index contributed by atoms with van der Waals surface area (Å²) in [6.07, 6.45) is -3.07. The molecule has 0 aromatic heterocycles. The van der Waals surface area contributed by atoms with Crippen LogP contribution in [0.4, 0.5) is 9.59 Å². The van der Waals surface area contributed by atoms with Crippen molar-refractivity contribution in [2.75, 3.05) is 0 Å². The molecule has 0 amide bonds. The maximum atomic E-state index is 9.84. The minimum Gasteiger partial charge on any atom is -0.514 e. The molecule has 2 aromatic rings. The first kappa shape index (κ1) is 18.7. The maximum Gasteiger partial charge on any atom is 2.00 e. The van der Waals surface area contributed by atoms with E-state index in [1.807, 2.05) is 0 Å². The zero-order valence-corrected chi connectivity index (χ0v) is 12.3. The van der Waals surface area contributed by atoms with Crippen molar-refractivity contribution in [3.8, 4) is 11.5 Å². The second kappa shape index (κ2) is 10.5. The number of rotatable bonds is 2. The van der Waals surface area contributed by atoms with Crippen LogP contribution in [0.3, 0.4) is 0 Å². The summed E-state index contributed by atoms with van der Waals surface area (Å²) in [4.78, 5) is 19.7. The monoisotopic (exact) mass is 298 g/mol. The summed E-state index contributed by atoms with van der Waals surface area (Å²) in [5, 5.41) is 19.7. The predicted octanol–water partition coefficient (Wildman–Crippen LogP) is 0.437. The number of hydrogen-bond acceptors (Lipinski definition) is 6. The van der Waals surface area contributed by atoms with Crippen LogP contribution in [0.1, 0.15) is 0 Å². The average Bonchev–Trinajstić information content (AvgIpc) is 2.40. The number of carboxylic acid groups (broad SMARTS) is 2. The molecule has 2 rings (SSSR count). The molecule has 0 radical (unpaired) electrons. The van der Waals surface area contributed by atoms with Crippen molar-refractivity contribution in [2.24, 2.45) is 0 Å². The average molecular weight is 299 g/mol. The summed E-state index contributed by atoms with van der Waals surface area (Å²) in [7, 11) is 0. The van der Waals surface area contributed by atoms with E-state index in [1.165, 1.54) is 24.3 Å². The van der Waals surface area contributed by atoms with E-state index in [9.17, 15) is 19.8 Å². The third kappa shape index (κ3) is 9.30. The normalized spacial score (nSPS) is 8.38. The van der Waals surface area contributed by atoms with Crippen molar-refractivity contribution < 1.29 is 29.3 Å². The van der Waals surface area contributed by atoms with Gasteiger partial charge in [0.15, 0.2) is 0 Å². The largest absolute Gasteiger partial charge is 2.00 e. The summed E-state index contributed by atoms with van der Waals surface area (Å²) >= 11 is 0. The number of benzene rings is 2. The molecule has 0 N–H and O–H groups in total. The molecule has 0 heterocycles. The van der Waals surface area contributed by atoms with Crippen molar-refractivity contribution in [1.82, 2.24) is 0 Å². The minimum atomic E-state index is -1.54. The second-order valence-corrected chi connectivity index (χ2v) is 3.33. The standard InChI is InChI=1S/2C7H6O3.Mg/c2*8-7(9)10-6-4-2-1-3-5-6;/h2*1-5H,(H,8,9);/q;;+2/p-2. The van der Waals surface area contributed by atoms with Gasteiger partial charge in [-0.15, -0.1) is 0 Å². The molecule has 0 saturated heterocycles. The molecular weight excluding hydrogens is 288 g/mol. The first-order valence-electron chi connectivity index (χ1n) is 5.45. The summed E-state index contributed by atoms with van der Waals surface area (Å²) in [5.74, 6) is 0.560. The van der Waals surface area contributed by atoms with E-state index in [-0.39, 0.29) is 34.6 Å².